The zero-order chi connectivity index (χ0) is 15.6. The van der Waals surface area contributed by atoms with E-state index in [4.69, 9.17) is 15.6 Å². The third-order valence-electron chi connectivity index (χ3n) is 3.38. The van der Waals surface area contributed by atoms with Crippen LogP contribution >= 0.6 is 11.8 Å². The van der Waals surface area contributed by atoms with E-state index in [1.54, 1.807) is 6.92 Å². The number of hydrogen-bond acceptors (Lipinski definition) is 7. The van der Waals surface area contributed by atoms with Gasteiger partial charge < -0.3 is 14.9 Å². The lowest BCUT2D eigenvalue weighted by atomic mass is 10.0. The van der Waals surface area contributed by atoms with Gasteiger partial charge in [0.1, 0.15) is 11.7 Å². The molecule has 118 valence electrons. The van der Waals surface area contributed by atoms with Crippen molar-refractivity contribution >= 4 is 23.9 Å². The summed E-state index contributed by atoms with van der Waals surface area (Å²) in [5.74, 6) is -3.63. The first-order chi connectivity index (χ1) is 9.83. The summed E-state index contributed by atoms with van der Waals surface area (Å²) < 4.78 is 18.9. The van der Waals surface area contributed by atoms with Crippen molar-refractivity contribution in [2.75, 3.05) is 5.75 Å². The number of carboxylic acids is 1. The first-order valence-electron chi connectivity index (χ1n) is 6.55. The first kappa shape index (κ1) is 16.2. The number of nitrogens with zero attached hydrogens (tertiary/aromatic N) is 2. The lowest BCUT2D eigenvalue weighted by Crippen LogP contribution is -2.58. The zero-order valence-corrected chi connectivity index (χ0v) is 12.3. The topological polar surface area (TPSA) is 108 Å². The maximum Gasteiger partial charge on any atom is 0.306 e. The van der Waals surface area contributed by atoms with Gasteiger partial charge in [-0.2, -0.15) is 0 Å². The summed E-state index contributed by atoms with van der Waals surface area (Å²) in [6.45, 7) is 1.80. The number of aliphatic carboxylic acids is 1. The van der Waals surface area contributed by atoms with Crippen molar-refractivity contribution in [1.82, 2.24) is 4.90 Å². The molecule has 0 bridgehead atoms. The molecule has 0 aromatic carbocycles. The molecule has 2 aliphatic rings. The quantitative estimate of drug-likeness (QED) is 0.639. The summed E-state index contributed by atoms with van der Waals surface area (Å²) in [7, 11) is 0. The summed E-state index contributed by atoms with van der Waals surface area (Å²) in [6.07, 6.45) is 2.07. The van der Waals surface area contributed by atoms with Crippen molar-refractivity contribution < 1.29 is 24.1 Å². The standard InChI is InChI=1S/C12H18FN3O4S/c1-2-7(11(17)18)3-10-20-9(6-21-10)16-5-8(13)4-15-12(16,14)19/h4-5,7,9-10,19H,2-3,6,14H2,1H3,(H,17,18)/t7?,9-,10+,12?/m0/s1. The van der Waals surface area contributed by atoms with E-state index in [2.05, 4.69) is 4.99 Å². The largest absolute Gasteiger partial charge is 0.481 e. The van der Waals surface area contributed by atoms with Crippen LogP contribution in [0.2, 0.25) is 0 Å². The molecule has 21 heavy (non-hydrogen) atoms. The number of allylic oxidation sites excluding steroid dienone is 1. The van der Waals surface area contributed by atoms with Crippen molar-refractivity contribution in [2.24, 2.45) is 16.6 Å². The van der Waals surface area contributed by atoms with E-state index >= 15 is 0 Å². The van der Waals surface area contributed by atoms with Crippen LogP contribution in [0.4, 0.5) is 4.39 Å². The van der Waals surface area contributed by atoms with E-state index < -0.39 is 29.9 Å². The highest BCUT2D eigenvalue weighted by Gasteiger charge is 2.41. The minimum Gasteiger partial charge on any atom is -0.481 e. The Labute approximate surface area is 125 Å². The molecule has 0 spiro atoms. The summed E-state index contributed by atoms with van der Waals surface area (Å²) in [6, 6.07) is 0. The third kappa shape index (κ3) is 3.73. The molecule has 0 amide bonds. The number of carboxylic acid groups (broad SMARTS) is 1. The molecule has 0 aliphatic carbocycles. The minimum atomic E-state index is -2.06. The predicted molar refractivity (Wildman–Crippen MR) is 75.8 cm³/mol. The van der Waals surface area contributed by atoms with E-state index in [0.29, 0.717) is 18.6 Å². The molecule has 2 rings (SSSR count). The van der Waals surface area contributed by atoms with Crippen LogP contribution in [0, 0.1) is 5.92 Å². The molecule has 1 saturated heterocycles. The second-order valence-corrected chi connectivity index (χ2v) is 6.09. The monoisotopic (exact) mass is 319 g/mol. The Morgan fingerprint density at radius 2 is 2.52 bits per heavy atom. The van der Waals surface area contributed by atoms with Gasteiger partial charge in [-0.15, -0.1) is 11.8 Å². The SMILES string of the molecule is CCC(C[C@@H]1O[C@H](N2C=C(F)C=NC2(N)O)CS1)C(=O)O. The Balaban J connectivity index is 1.99. The van der Waals surface area contributed by atoms with Gasteiger partial charge in [0.05, 0.1) is 12.1 Å². The fraction of sp³-hybridized carbons (Fsp3) is 0.667. The number of nitrogens with two attached hydrogens (primary N) is 1. The van der Waals surface area contributed by atoms with Crippen LogP contribution in [-0.4, -0.2) is 50.7 Å². The van der Waals surface area contributed by atoms with Crippen molar-refractivity contribution in [3.05, 3.63) is 12.0 Å². The summed E-state index contributed by atoms with van der Waals surface area (Å²) >= 11 is 1.41. The number of thioether (sulfide) groups is 1. The van der Waals surface area contributed by atoms with Crippen LogP contribution in [0.25, 0.3) is 0 Å². The van der Waals surface area contributed by atoms with Gasteiger partial charge in [-0.05, 0) is 12.8 Å². The Hall–Kier alpha value is -1.16. The lowest BCUT2D eigenvalue weighted by molar-refractivity contribution is -0.159. The maximum atomic E-state index is 13.3. The van der Waals surface area contributed by atoms with Crippen LogP contribution in [0.5, 0.6) is 0 Å². The number of aliphatic hydroxyl groups is 1. The summed E-state index contributed by atoms with van der Waals surface area (Å²) in [5.41, 5.74) is 5.24. The van der Waals surface area contributed by atoms with Crippen molar-refractivity contribution in [1.29, 1.82) is 0 Å². The molecule has 2 aliphatic heterocycles. The Morgan fingerprint density at radius 1 is 1.81 bits per heavy atom. The molecule has 2 unspecified atom stereocenters. The first-order valence-corrected chi connectivity index (χ1v) is 7.60. The molecule has 0 radical (unpaired) electrons. The van der Waals surface area contributed by atoms with Gasteiger partial charge in [0.25, 0.3) is 5.97 Å². The van der Waals surface area contributed by atoms with Crippen molar-refractivity contribution in [3.63, 3.8) is 0 Å². The summed E-state index contributed by atoms with van der Waals surface area (Å²) in [4.78, 5) is 15.6. The number of halogens is 1. The van der Waals surface area contributed by atoms with Crippen molar-refractivity contribution in [3.8, 4) is 0 Å². The van der Waals surface area contributed by atoms with Gasteiger partial charge in [0, 0.05) is 12.0 Å². The van der Waals surface area contributed by atoms with Crippen LogP contribution in [0.1, 0.15) is 19.8 Å². The normalized spacial score (nSPS) is 33.9. The fourth-order valence-electron chi connectivity index (χ4n) is 2.17. The number of aliphatic imine (C=N–C) groups is 1. The molecule has 7 nitrogen and oxygen atoms in total. The van der Waals surface area contributed by atoms with E-state index in [9.17, 15) is 14.3 Å². The average molecular weight is 319 g/mol. The van der Waals surface area contributed by atoms with Crippen LogP contribution in [0.3, 0.4) is 0 Å². The average Bonchev–Trinajstić information content (AvgIpc) is 2.86. The van der Waals surface area contributed by atoms with E-state index in [-0.39, 0.29) is 5.44 Å². The minimum absolute atomic E-state index is 0.339. The zero-order valence-electron chi connectivity index (χ0n) is 11.5. The highest BCUT2D eigenvalue weighted by atomic mass is 32.2. The molecule has 4 atom stereocenters. The molecular formula is C12H18FN3O4S. The van der Waals surface area contributed by atoms with Gasteiger partial charge >= 0.3 is 5.97 Å². The number of rotatable bonds is 5. The lowest BCUT2D eigenvalue weighted by Gasteiger charge is -2.37. The highest BCUT2D eigenvalue weighted by molar-refractivity contribution is 8.00. The smallest absolute Gasteiger partial charge is 0.306 e. The number of carbonyl (C=O) groups is 1. The molecule has 0 aromatic rings. The molecule has 0 aromatic heterocycles. The highest BCUT2D eigenvalue weighted by Crippen LogP contribution is 2.35. The van der Waals surface area contributed by atoms with Gasteiger partial charge in [-0.3, -0.25) is 15.4 Å². The Bertz CT molecular complexity index is 471. The molecular weight excluding hydrogens is 301 g/mol. The van der Waals surface area contributed by atoms with Crippen LogP contribution < -0.4 is 5.73 Å². The maximum absolute atomic E-state index is 13.3. The van der Waals surface area contributed by atoms with E-state index in [1.807, 2.05) is 0 Å². The van der Waals surface area contributed by atoms with Crippen LogP contribution in [-0.2, 0) is 9.53 Å². The Kier molecular flexibility index (Phi) is 4.87. The summed E-state index contributed by atoms with van der Waals surface area (Å²) in [5, 5.41) is 19.0. The number of hydrogen-bond donors (Lipinski definition) is 3. The Morgan fingerprint density at radius 3 is 3.14 bits per heavy atom. The predicted octanol–water partition coefficient (Wildman–Crippen LogP) is 0.663. The second-order valence-electron chi connectivity index (χ2n) is 4.90. The number of ether oxygens (including phenoxy) is 1. The van der Waals surface area contributed by atoms with E-state index in [0.717, 1.165) is 17.3 Å². The second kappa shape index (κ2) is 6.30. The molecule has 1 fully saturated rings. The molecule has 0 saturated carbocycles. The van der Waals surface area contributed by atoms with Crippen molar-refractivity contribution in [2.45, 2.75) is 37.4 Å². The molecule has 4 N–H and O–H groups in total. The molecule has 2 heterocycles. The fourth-order valence-corrected chi connectivity index (χ4v) is 3.36. The van der Waals surface area contributed by atoms with Crippen LogP contribution in [0.15, 0.2) is 17.0 Å². The van der Waals surface area contributed by atoms with Gasteiger partial charge in [-0.25, -0.2) is 9.38 Å². The van der Waals surface area contributed by atoms with Gasteiger partial charge in [0.2, 0.25) is 0 Å². The van der Waals surface area contributed by atoms with E-state index in [1.165, 1.54) is 11.8 Å². The van der Waals surface area contributed by atoms with Gasteiger partial charge in [-0.1, -0.05) is 6.92 Å². The van der Waals surface area contributed by atoms with Gasteiger partial charge in [0.15, 0.2) is 5.83 Å². The third-order valence-corrected chi connectivity index (χ3v) is 4.54. The molecule has 9 heteroatoms.